The van der Waals surface area contributed by atoms with Crippen LogP contribution in [0.3, 0.4) is 0 Å². The van der Waals surface area contributed by atoms with Gasteiger partial charge in [0, 0.05) is 24.2 Å². The standard InChI is InChI=1S/C21H22FN3O2/c1-24(2)20(17-11-7-8-12-18(17)22)21(26)25(3)14-16-13-19(23-27-16)15-9-5-4-6-10-15/h4-13,20H,14H2,1-3H3/t20-/m0/s1. The molecule has 3 rings (SSSR count). The van der Waals surface area contributed by atoms with Crippen molar-refractivity contribution >= 4 is 5.91 Å². The number of halogens is 1. The smallest absolute Gasteiger partial charge is 0.244 e. The highest BCUT2D eigenvalue weighted by molar-refractivity contribution is 5.83. The maximum Gasteiger partial charge on any atom is 0.244 e. The molecule has 0 fully saturated rings. The lowest BCUT2D eigenvalue weighted by Gasteiger charge is -2.28. The summed E-state index contributed by atoms with van der Waals surface area (Å²) in [5.74, 6) is -0.0533. The first-order valence-corrected chi connectivity index (χ1v) is 8.64. The van der Waals surface area contributed by atoms with E-state index in [1.54, 1.807) is 44.2 Å². The van der Waals surface area contributed by atoms with E-state index < -0.39 is 11.9 Å². The van der Waals surface area contributed by atoms with Gasteiger partial charge in [-0.05, 0) is 20.2 Å². The van der Waals surface area contributed by atoms with Gasteiger partial charge in [0.1, 0.15) is 17.6 Å². The molecule has 27 heavy (non-hydrogen) atoms. The van der Waals surface area contributed by atoms with E-state index in [-0.39, 0.29) is 12.5 Å². The number of hydrogen-bond donors (Lipinski definition) is 0. The van der Waals surface area contributed by atoms with Crippen LogP contribution in [-0.4, -0.2) is 42.0 Å². The summed E-state index contributed by atoms with van der Waals surface area (Å²) in [6.07, 6.45) is 0. The lowest BCUT2D eigenvalue weighted by molar-refractivity contribution is -0.135. The summed E-state index contributed by atoms with van der Waals surface area (Å²) in [7, 11) is 5.18. The van der Waals surface area contributed by atoms with Crippen LogP contribution in [0.4, 0.5) is 4.39 Å². The van der Waals surface area contributed by atoms with Crippen LogP contribution in [0.5, 0.6) is 0 Å². The van der Waals surface area contributed by atoms with Gasteiger partial charge in [-0.1, -0.05) is 53.7 Å². The van der Waals surface area contributed by atoms with Gasteiger partial charge >= 0.3 is 0 Å². The van der Waals surface area contributed by atoms with Crippen molar-refractivity contribution in [1.29, 1.82) is 0 Å². The predicted molar refractivity (Wildman–Crippen MR) is 101 cm³/mol. The molecule has 6 heteroatoms. The molecule has 0 bridgehead atoms. The minimum Gasteiger partial charge on any atom is -0.359 e. The van der Waals surface area contributed by atoms with Crippen molar-refractivity contribution in [2.24, 2.45) is 0 Å². The first-order chi connectivity index (χ1) is 13.0. The first kappa shape index (κ1) is 18.8. The number of carbonyl (C=O) groups excluding carboxylic acids is 1. The van der Waals surface area contributed by atoms with Gasteiger partial charge < -0.3 is 9.42 Å². The summed E-state index contributed by atoms with van der Waals surface area (Å²) in [5.41, 5.74) is 2.01. The highest BCUT2D eigenvalue weighted by Gasteiger charge is 2.28. The second-order valence-corrected chi connectivity index (χ2v) is 6.63. The molecule has 2 aromatic carbocycles. The second-order valence-electron chi connectivity index (χ2n) is 6.63. The Morgan fingerprint density at radius 3 is 2.41 bits per heavy atom. The number of carbonyl (C=O) groups is 1. The molecule has 0 N–H and O–H groups in total. The fourth-order valence-electron chi connectivity index (χ4n) is 2.98. The summed E-state index contributed by atoms with van der Waals surface area (Å²) >= 11 is 0. The third kappa shape index (κ3) is 4.23. The Morgan fingerprint density at radius 2 is 1.74 bits per heavy atom. The third-order valence-electron chi connectivity index (χ3n) is 4.35. The SMILES string of the molecule is CN(Cc1cc(-c2ccccc2)no1)C(=O)[C@H](c1ccccc1F)N(C)C. The number of nitrogens with zero attached hydrogens (tertiary/aromatic N) is 3. The fourth-order valence-corrected chi connectivity index (χ4v) is 2.98. The molecular formula is C21H22FN3O2. The first-order valence-electron chi connectivity index (χ1n) is 8.64. The Labute approximate surface area is 158 Å². The van der Waals surface area contributed by atoms with Gasteiger partial charge in [0.25, 0.3) is 0 Å². The number of aromatic nitrogens is 1. The number of benzene rings is 2. The topological polar surface area (TPSA) is 49.6 Å². The largest absolute Gasteiger partial charge is 0.359 e. The van der Waals surface area contributed by atoms with Crippen LogP contribution in [0.25, 0.3) is 11.3 Å². The van der Waals surface area contributed by atoms with Crippen molar-refractivity contribution < 1.29 is 13.7 Å². The Kier molecular flexibility index (Phi) is 5.66. The molecule has 0 aliphatic heterocycles. The Bertz CT molecular complexity index is 909. The fraction of sp³-hybridized carbons (Fsp3) is 0.238. The molecule has 0 radical (unpaired) electrons. The van der Waals surface area contributed by atoms with E-state index in [0.717, 1.165) is 5.56 Å². The lowest BCUT2D eigenvalue weighted by atomic mass is 10.0. The molecule has 1 aromatic heterocycles. The molecule has 1 heterocycles. The average molecular weight is 367 g/mol. The van der Waals surface area contributed by atoms with E-state index in [9.17, 15) is 9.18 Å². The number of hydrogen-bond acceptors (Lipinski definition) is 4. The predicted octanol–water partition coefficient (Wildman–Crippen LogP) is 3.74. The van der Waals surface area contributed by atoms with Gasteiger partial charge in [0.2, 0.25) is 5.91 Å². The van der Waals surface area contributed by atoms with E-state index in [2.05, 4.69) is 5.16 Å². The van der Waals surface area contributed by atoms with Gasteiger partial charge in [0.05, 0.1) is 6.54 Å². The third-order valence-corrected chi connectivity index (χ3v) is 4.35. The average Bonchev–Trinajstić information content (AvgIpc) is 3.12. The maximum atomic E-state index is 14.2. The number of amides is 1. The zero-order valence-electron chi connectivity index (χ0n) is 15.6. The Hall–Kier alpha value is -2.99. The van der Waals surface area contributed by atoms with Crippen molar-refractivity contribution in [3.8, 4) is 11.3 Å². The maximum absolute atomic E-state index is 14.2. The van der Waals surface area contributed by atoms with Crippen molar-refractivity contribution in [2.45, 2.75) is 12.6 Å². The van der Waals surface area contributed by atoms with Crippen LogP contribution < -0.4 is 0 Å². The Balaban J connectivity index is 1.77. The minimum atomic E-state index is -0.715. The molecular weight excluding hydrogens is 345 g/mol. The molecule has 3 aromatic rings. The van der Waals surface area contributed by atoms with E-state index in [0.29, 0.717) is 17.0 Å². The van der Waals surface area contributed by atoms with Crippen LogP contribution in [0, 0.1) is 5.82 Å². The van der Waals surface area contributed by atoms with Crippen LogP contribution in [0.2, 0.25) is 0 Å². The zero-order valence-corrected chi connectivity index (χ0v) is 15.6. The highest BCUT2D eigenvalue weighted by atomic mass is 19.1. The van der Waals surface area contributed by atoms with Crippen LogP contribution in [0.1, 0.15) is 17.4 Å². The minimum absolute atomic E-state index is 0.220. The van der Waals surface area contributed by atoms with Crippen molar-refractivity contribution in [2.75, 3.05) is 21.1 Å². The Morgan fingerprint density at radius 1 is 1.07 bits per heavy atom. The quantitative estimate of drug-likeness (QED) is 0.666. The van der Waals surface area contributed by atoms with Crippen molar-refractivity contribution in [3.63, 3.8) is 0 Å². The van der Waals surface area contributed by atoms with E-state index in [1.165, 1.54) is 11.0 Å². The molecule has 1 atom stereocenters. The second kappa shape index (κ2) is 8.14. The molecule has 0 saturated heterocycles. The molecule has 0 aliphatic carbocycles. The summed E-state index contributed by atoms with van der Waals surface area (Å²) in [4.78, 5) is 16.2. The van der Waals surface area contributed by atoms with Crippen LogP contribution >= 0.6 is 0 Å². The molecule has 0 spiro atoms. The van der Waals surface area contributed by atoms with Gasteiger partial charge in [-0.2, -0.15) is 0 Å². The molecule has 5 nitrogen and oxygen atoms in total. The van der Waals surface area contributed by atoms with E-state index >= 15 is 0 Å². The number of rotatable bonds is 6. The summed E-state index contributed by atoms with van der Waals surface area (Å²) in [5, 5.41) is 4.07. The van der Waals surface area contributed by atoms with Crippen LogP contribution in [0.15, 0.2) is 65.2 Å². The molecule has 1 amide bonds. The van der Waals surface area contributed by atoms with Gasteiger partial charge in [0.15, 0.2) is 5.76 Å². The monoisotopic (exact) mass is 367 g/mol. The molecule has 0 unspecified atom stereocenters. The lowest BCUT2D eigenvalue weighted by Crippen LogP contribution is -2.38. The molecule has 0 aliphatic rings. The van der Waals surface area contributed by atoms with Crippen molar-refractivity contribution in [1.82, 2.24) is 15.0 Å². The summed E-state index contributed by atoms with van der Waals surface area (Å²) in [6.45, 7) is 0.247. The van der Waals surface area contributed by atoms with Gasteiger partial charge in [-0.25, -0.2) is 4.39 Å². The van der Waals surface area contributed by atoms with Crippen molar-refractivity contribution in [3.05, 3.63) is 77.8 Å². The van der Waals surface area contributed by atoms with E-state index in [1.807, 2.05) is 36.4 Å². The number of likely N-dealkylation sites (N-methyl/N-ethyl adjacent to an activating group) is 2. The summed E-state index contributed by atoms with van der Waals surface area (Å²) in [6, 6.07) is 17.1. The summed E-state index contributed by atoms with van der Waals surface area (Å²) < 4.78 is 19.6. The van der Waals surface area contributed by atoms with Gasteiger partial charge in [-0.3, -0.25) is 9.69 Å². The highest BCUT2D eigenvalue weighted by Crippen LogP contribution is 2.25. The normalized spacial score (nSPS) is 12.2. The molecule has 0 saturated carbocycles. The molecule has 140 valence electrons. The van der Waals surface area contributed by atoms with E-state index in [4.69, 9.17) is 4.52 Å². The van der Waals surface area contributed by atoms with Crippen LogP contribution in [-0.2, 0) is 11.3 Å². The van der Waals surface area contributed by atoms with Gasteiger partial charge in [-0.15, -0.1) is 0 Å². The zero-order chi connectivity index (χ0) is 19.4.